The first-order chi connectivity index (χ1) is 5.24. The van der Waals surface area contributed by atoms with Crippen LogP contribution in [-0.2, 0) is 4.79 Å². The minimum absolute atomic E-state index is 0.177. The van der Waals surface area contributed by atoms with E-state index >= 15 is 0 Å². The average molecular weight is 153 g/mol. The van der Waals surface area contributed by atoms with Gasteiger partial charge in [0.15, 0.2) is 0 Å². The van der Waals surface area contributed by atoms with Gasteiger partial charge in [-0.05, 0) is 19.3 Å². The molecule has 3 nitrogen and oxygen atoms in total. The summed E-state index contributed by atoms with van der Waals surface area (Å²) in [5.41, 5.74) is 0. The van der Waals surface area contributed by atoms with Gasteiger partial charge in [-0.2, -0.15) is 0 Å². The molecular weight excluding hydrogens is 142 g/mol. The smallest absolute Gasteiger partial charge is 0.298 e. The molecule has 60 valence electrons. The predicted molar refractivity (Wildman–Crippen MR) is 40.7 cm³/mol. The van der Waals surface area contributed by atoms with Gasteiger partial charge in [0, 0.05) is 13.1 Å². The van der Waals surface area contributed by atoms with Crippen molar-refractivity contribution in [1.82, 2.24) is 4.90 Å². The molecule has 0 radical (unpaired) electrons. The molecule has 0 aliphatic carbocycles. The number of aliphatic hydroxyl groups is 1. The second-order valence-electron chi connectivity index (χ2n) is 2.57. The van der Waals surface area contributed by atoms with Gasteiger partial charge in [0.1, 0.15) is 0 Å². The van der Waals surface area contributed by atoms with E-state index in [1.807, 2.05) is 0 Å². The van der Waals surface area contributed by atoms with Crippen LogP contribution in [0.5, 0.6) is 0 Å². The third-order valence-corrected chi connectivity index (χ3v) is 1.68. The molecule has 1 atom stereocenters. The monoisotopic (exact) mass is 153 g/mol. The summed E-state index contributed by atoms with van der Waals surface area (Å²) in [6.07, 6.45) is 0.328. The van der Waals surface area contributed by atoms with E-state index in [0.717, 1.165) is 0 Å². The second kappa shape index (κ2) is 3.40. The Morgan fingerprint density at radius 2 is 2.45 bits per heavy atom. The summed E-state index contributed by atoms with van der Waals surface area (Å²) in [5, 5.41) is 9.07. The van der Waals surface area contributed by atoms with E-state index in [9.17, 15) is 4.79 Å². The van der Waals surface area contributed by atoms with Crippen LogP contribution in [-0.4, -0.2) is 35.1 Å². The van der Waals surface area contributed by atoms with Gasteiger partial charge in [-0.15, -0.1) is 0 Å². The van der Waals surface area contributed by atoms with Crippen molar-refractivity contribution in [3.63, 3.8) is 0 Å². The normalized spacial score (nSPS) is 22.7. The number of carbonyl (C=O) groups is 1. The Labute approximate surface area is 66.0 Å². The quantitative estimate of drug-likeness (QED) is 0.481. The Morgan fingerprint density at radius 1 is 1.73 bits per heavy atom. The molecular formula is C8H11NO2. The number of carbonyl (C=O) groups excluding carboxylic acids is 1. The lowest BCUT2D eigenvalue weighted by atomic mass is 10.3. The fraction of sp³-hybridized carbons (Fsp3) is 0.625. The van der Waals surface area contributed by atoms with Crippen LogP contribution >= 0.6 is 0 Å². The summed E-state index contributed by atoms with van der Waals surface area (Å²) < 4.78 is 0. The SMILES string of the molecule is CC#CC(=O)N1CC[C@@H](O)C1. The molecule has 0 spiro atoms. The average Bonchev–Trinajstić information content (AvgIpc) is 2.36. The number of hydrogen-bond acceptors (Lipinski definition) is 2. The van der Waals surface area contributed by atoms with Crippen LogP contribution in [0.15, 0.2) is 0 Å². The number of amides is 1. The van der Waals surface area contributed by atoms with E-state index in [2.05, 4.69) is 11.8 Å². The third-order valence-electron chi connectivity index (χ3n) is 1.68. The van der Waals surface area contributed by atoms with E-state index in [1.165, 1.54) is 0 Å². The van der Waals surface area contributed by atoms with Crippen LogP contribution in [0.4, 0.5) is 0 Å². The molecule has 1 heterocycles. The van der Waals surface area contributed by atoms with Crippen molar-refractivity contribution >= 4 is 5.91 Å². The Kier molecular flexibility index (Phi) is 2.50. The van der Waals surface area contributed by atoms with Crippen LogP contribution in [0.2, 0.25) is 0 Å². The van der Waals surface area contributed by atoms with Gasteiger partial charge in [0.2, 0.25) is 0 Å². The maximum atomic E-state index is 11.0. The van der Waals surface area contributed by atoms with Crippen LogP contribution < -0.4 is 0 Å². The highest BCUT2D eigenvalue weighted by Crippen LogP contribution is 2.07. The summed E-state index contributed by atoms with van der Waals surface area (Å²) in [7, 11) is 0. The summed E-state index contributed by atoms with van der Waals surface area (Å²) in [4.78, 5) is 12.6. The predicted octanol–water partition coefficient (Wildman–Crippen LogP) is -0.397. The number of aliphatic hydroxyl groups excluding tert-OH is 1. The standard InChI is InChI=1S/C8H11NO2/c1-2-3-8(11)9-5-4-7(10)6-9/h7,10H,4-6H2,1H3/t7-/m1/s1. The fourth-order valence-corrected chi connectivity index (χ4v) is 1.11. The van der Waals surface area contributed by atoms with Crippen LogP contribution in [0.25, 0.3) is 0 Å². The molecule has 0 aromatic heterocycles. The number of hydrogen-bond donors (Lipinski definition) is 1. The van der Waals surface area contributed by atoms with Gasteiger partial charge in [-0.1, -0.05) is 5.92 Å². The summed E-state index contributed by atoms with van der Waals surface area (Å²) in [6.45, 7) is 2.70. The molecule has 1 amide bonds. The van der Waals surface area contributed by atoms with Gasteiger partial charge < -0.3 is 10.0 Å². The first kappa shape index (κ1) is 8.09. The van der Waals surface area contributed by atoms with Gasteiger partial charge in [-0.25, -0.2) is 0 Å². The van der Waals surface area contributed by atoms with Crippen molar-refractivity contribution in [3.8, 4) is 11.8 Å². The maximum absolute atomic E-state index is 11.0. The van der Waals surface area contributed by atoms with Crippen molar-refractivity contribution < 1.29 is 9.90 Å². The van der Waals surface area contributed by atoms with Crippen LogP contribution in [0.1, 0.15) is 13.3 Å². The summed E-state index contributed by atoms with van der Waals surface area (Å²) in [5.74, 6) is 4.79. The zero-order valence-corrected chi connectivity index (χ0v) is 6.50. The zero-order chi connectivity index (χ0) is 8.27. The number of nitrogens with zero attached hydrogens (tertiary/aromatic N) is 1. The van der Waals surface area contributed by atoms with Crippen molar-refractivity contribution in [2.24, 2.45) is 0 Å². The minimum atomic E-state index is -0.349. The highest BCUT2D eigenvalue weighted by atomic mass is 16.3. The van der Waals surface area contributed by atoms with Crippen molar-refractivity contribution in [2.45, 2.75) is 19.4 Å². The van der Waals surface area contributed by atoms with Crippen molar-refractivity contribution in [1.29, 1.82) is 0 Å². The van der Waals surface area contributed by atoms with Crippen molar-refractivity contribution in [3.05, 3.63) is 0 Å². The zero-order valence-electron chi connectivity index (χ0n) is 6.50. The molecule has 1 aliphatic rings. The second-order valence-corrected chi connectivity index (χ2v) is 2.57. The van der Waals surface area contributed by atoms with E-state index < -0.39 is 0 Å². The minimum Gasteiger partial charge on any atom is -0.391 e. The highest BCUT2D eigenvalue weighted by Gasteiger charge is 2.22. The summed E-state index contributed by atoms with van der Waals surface area (Å²) >= 11 is 0. The molecule has 1 N–H and O–H groups in total. The highest BCUT2D eigenvalue weighted by molar-refractivity contribution is 5.93. The lowest BCUT2D eigenvalue weighted by molar-refractivity contribution is -0.124. The van der Waals surface area contributed by atoms with Gasteiger partial charge in [0.05, 0.1) is 6.10 Å². The van der Waals surface area contributed by atoms with Gasteiger partial charge in [-0.3, -0.25) is 4.79 Å². The molecule has 0 bridgehead atoms. The largest absolute Gasteiger partial charge is 0.391 e. The third kappa shape index (κ3) is 1.95. The van der Waals surface area contributed by atoms with E-state index in [4.69, 9.17) is 5.11 Å². The lowest BCUT2D eigenvalue weighted by Gasteiger charge is -2.10. The van der Waals surface area contributed by atoms with Crippen molar-refractivity contribution in [2.75, 3.05) is 13.1 Å². The Hall–Kier alpha value is -1.01. The molecule has 3 heteroatoms. The molecule has 0 aromatic carbocycles. The van der Waals surface area contributed by atoms with E-state index in [0.29, 0.717) is 19.5 Å². The molecule has 0 unspecified atom stereocenters. The molecule has 1 aliphatic heterocycles. The molecule has 1 fully saturated rings. The van der Waals surface area contributed by atoms with Gasteiger partial charge >= 0.3 is 0 Å². The lowest BCUT2D eigenvalue weighted by Crippen LogP contribution is -2.28. The van der Waals surface area contributed by atoms with E-state index in [-0.39, 0.29) is 12.0 Å². The topological polar surface area (TPSA) is 40.5 Å². The van der Waals surface area contributed by atoms with Crippen LogP contribution in [0.3, 0.4) is 0 Å². The number of β-amino-alcohol motifs (C(OH)–C–C–N with tert-alkyl or cyclic N) is 1. The Balaban J connectivity index is 2.47. The first-order valence-corrected chi connectivity index (χ1v) is 3.63. The summed E-state index contributed by atoms with van der Waals surface area (Å²) in [6, 6.07) is 0. The fourth-order valence-electron chi connectivity index (χ4n) is 1.11. The number of rotatable bonds is 0. The Morgan fingerprint density at radius 3 is 2.91 bits per heavy atom. The maximum Gasteiger partial charge on any atom is 0.298 e. The molecule has 1 rings (SSSR count). The van der Waals surface area contributed by atoms with Gasteiger partial charge in [0.25, 0.3) is 5.91 Å². The molecule has 11 heavy (non-hydrogen) atoms. The first-order valence-electron chi connectivity index (χ1n) is 3.63. The van der Waals surface area contributed by atoms with E-state index in [1.54, 1.807) is 11.8 Å². The Bertz CT molecular complexity index is 214. The molecule has 0 saturated carbocycles. The molecule has 1 saturated heterocycles. The molecule has 0 aromatic rings. The van der Waals surface area contributed by atoms with Crippen LogP contribution in [0, 0.1) is 11.8 Å². The number of likely N-dealkylation sites (tertiary alicyclic amines) is 1.